The van der Waals surface area contributed by atoms with Crippen molar-refractivity contribution in [2.75, 3.05) is 13.1 Å². The molecule has 0 aliphatic carbocycles. The van der Waals surface area contributed by atoms with Gasteiger partial charge < -0.3 is 5.32 Å². The van der Waals surface area contributed by atoms with Crippen LogP contribution in [0.4, 0.5) is 0 Å². The average molecular weight is 323 g/mol. The van der Waals surface area contributed by atoms with E-state index in [4.69, 9.17) is 5.10 Å². The van der Waals surface area contributed by atoms with Crippen LogP contribution in [0.2, 0.25) is 0 Å². The number of thioether (sulfide) groups is 1. The van der Waals surface area contributed by atoms with Crippen molar-refractivity contribution < 1.29 is 0 Å². The molecule has 5 rings (SSSR count). The first-order chi connectivity index (χ1) is 11.4. The number of piperidine rings is 1. The number of fused-ring (bicyclic) bond motifs is 4. The van der Waals surface area contributed by atoms with E-state index >= 15 is 0 Å². The minimum Gasteiger partial charge on any atom is -0.316 e. The van der Waals surface area contributed by atoms with E-state index in [0.29, 0.717) is 5.92 Å². The van der Waals surface area contributed by atoms with Gasteiger partial charge in [0.25, 0.3) is 0 Å². The predicted molar refractivity (Wildman–Crippen MR) is 90.6 cm³/mol. The minimum atomic E-state index is 0.400. The zero-order chi connectivity index (χ0) is 15.2. The van der Waals surface area contributed by atoms with Gasteiger partial charge in [-0.1, -0.05) is 18.2 Å². The molecule has 2 aliphatic rings. The Morgan fingerprint density at radius 2 is 2.17 bits per heavy atom. The molecule has 4 heterocycles. The number of hydrogen-bond donors (Lipinski definition) is 1. The SMILES string of the molecule is c1ccc2c(c1)SCc1cc3nnc(C4CCCNC4)n3nc1-2. The lowest BCUT2D eigenvalue weighted by molar-refractivity contribution is 0.440. The second-order valence-corrected chi connectivity index (χ2v) is 7.19. The molecule has 116 valence electrons. The van der Waals surface area contributed by atoms with Crippen molar-refractivity contribution in [1.29, 1.82) is 0 Å². The smallest absolute Gasteiger partial charge is 0.178 e. The van der Waals surface area contributed by atoms with Gasteiger partial charge in [0.05, 0.1) is 5.69 Å². The quantitative estimate of drug-likeness (QED) is 0.746. The lowest BCUT2D eigenvalue weighted by Gasteiger charge is -2.22. The van der Waals surface area contributed by atoms with E-state index in [1.807, 2.05) is 16.3 Å². The van der Waals surface area contributed by atoms with Crippen molar-refractivity contribution in [3.05, 3.63) is 41.7 Å². The highest BCUT2D eigenvalue weighted by atomic mass is 32.2. The van der Waals surface area contributed by atoms with Gasteiger partial charge in [-0.2, -0.15) is 9.61 Å². The maximum Gasteiger partial charge on any atom is 0.178 e. The van der Waals surface area contributed by atoms with Crippen LogP contribution >= 0.6 is 11.8 Å². The van der Waals surface area contributed by atoms with Crippen LogP contribution < -0.4 is 5.32 Å². The molecule has 5 nitrogen and oxygen atoms in total. The minimum absolute atomic E-state index is 0.400. The molecular formula is C17H17N5S. The fraction of sp³-hybridized carbons (Fsp3) is 0.353. The van der Waals surface area contributed by atoms with Gasteiger partial charge in [-0.25, -0.2) is 0 Å². The van der Waals surface area contributed by atoms with Gasteiger partial charge in [-0.05, 0) is 37.1 Å². The summed E-state index contributed by atoms with van der Waals surface area (Å²) in [5.74, 6) is 2.34. The van der Waals surface area contributed by atoms with Crippen LogP contribution in [0, 0.1) is 0 Å². The Kier molecular flexibility index (Phi) is 3.12. The van der Waals surface area contributed by atoms with Crippen molar-refractivity contribution in [3.63, 3.8) is 0 Å². The maximum absolute atomic E-state index is 4.94. The Hall–Kier alpha value is -1.92. The monoisotopic (exact) mass is 323 g/mol. The fourth-order valence-corrected chi connectivity index (χ4v) is 4.52. The Balaban J connectivity index is 1.68. The van der Waals surface area contributed by atoms with Crippen LogP contribution in [0.25, 0.3) is 16.9 Å². The van der Waals surface area contributed by atoms with Gasteiger partial charge in [-0.15, -0.1) is 22.0 Å². The molecule has 3 aromatic rings. The summed E-state index contributed by atoms with van der Waals surface area (Å²) < 4.78 is 1.96. The van der Waals surface area contributed by atoms with Crippen molar-refractivity contribution in [2.45, 2.75) is 29.4 Å². The molecule has 1 atom stereocenters. The number of aromatic nitrogens is 4. The summed E-state index contributed by atoms with van der Waals surface area (Å²) >= 11 is 1.87. The third-order valence-corrected chi connectivity index (χ3v) is 5.81. The van der Waals surface area contributed by atoms with Gasteiger partial charge >= 0.3 is 0 Å². The Labute approximate surface area is 138 Å². The molecule has 0 bridgehead atoms. The second kappa shape index (κ2) is 5.32. The molecule has 1 saturated heterocycles. The van der Waals surface area contributed by atoms with E-state index in [9.17, 15) is 0 Å². The molecule has 0 spiro atoms. The average Bonchev–Trinajstić information content (AvgIpc) is 3.03. The molecule has 23 heavy (non-hydrogen) atoms. The summed E-state index contributed by atoms with van der Waals surface area (Å²) in [4.78, 5) is 1.31. The van der Waals surface area contributed by atoms with Crippen molar-refractivity contribution >= 4 is 17.4 Å². The van der Waals surface area contributed by atoms with Gasteiger partial charge in [-0.3, -0.25) is 0 Å². The van der Waals surface area contributed by atoms with E-state index in [-0.39, 0.29) is 0 Å². The van der Waals surface area contributed by atoms with E-state index in [1.54, 1.807) is 0 Å². The summed E-state index contributed by atoms with van der Waals surface area (Å²) in [6.45, 7) is 2.06. The standard InChI is InChI=1S/C17H17N5S/c1-2-6-14-13(5-1)16-12(10-23-14)8-15-19-20-17(22(15)21-16)11-4-3-7-18-9-11/h1-2,5-6,8,11,18H,3-4,7,9-10H2. The summed E-state index contributed by atoms with van der Waals surface area (Å²) in [5.41, 5.74) is 4.42. The predicted octanol–water partition coefficient (Wildman–Crippen LogP) is 2.86. The molecule has 0 amide bonds. The third-order valence-electron chi connectivity index (χ3n) is 4.68. The van der Waals surface area contributed by atoms with Gasteiger partial charge in [0.2, 0.25) is 0 Å². The lowest BCUT2D eigenvalue weighted by Crippen LogP contribution is -2.29. The highest BCUT2D eigenvalue weighted by Crippen LogP contribution is 2.40. The van der Waals surface area contributed by atoms with E-state index in [0.717, 1.165) is 42.4 Å². The van der Waals surface area contributed by atoms with Gasteiger partial charge in [0.1, 0.15) is 0 Å². The number of nitrogens with one attached hydrogen (secondary N) is 1. The molecule has 1 aromatic carbocycles. The molecule has 1 unspecified atom stereocenters. The largest absolute Gasteiger partial charge is 0.316 e. The molecule has 1 fully saturated rings. The topological polar surface area (TPSA) is 55.1 Å². The van der Waals surface area contributed by atoms with E-state index in [1.165, 1.54) is 22.4 Å². The van der Waals surface area contributed by atoms with Gasteiger partial charge in [0, 0.05) is 28.7 Å². The van der Waals surface area contributed by atoms with Crippen molar-refractivity contribution in [2.24, 2.45) is 0 Å². The molecule has 2 aliphatic heterocycles. The number of hydrogen-bond acceptors (Lipinski definition) is 5. The summed E-state index contributed by atoms with van der Waals surface area (Å²) in [5, 5.41) is 17.2. The van der Waals surface area contributed by atoms with Crippen LogP contribution in [-0.2, 0) is 5.75 Å². The first-order valence-electron chi connectivity index (χ1n) is 8.08. The van der Waals surface area contributed by atoms with Crippen LogP contribution in [0.5, 0.6) is 0 Å². The highest BCUT2D eigenvalue weighted by molar-refractivity contribution is 7.98. The molecule has 0 radical (unpaired) electrons. The molecule has 6 heteroatoms. The molecule has 1 N–H and O–H groups in total. The van der Waals surface area contributed by atoms with E-state index in [2.05, 4.69) is 45.8 Å². The van der Waals surface area contributed by atoms with Crippen LogP contribution in [-0.4, -0.2) is 32.9 Å². The Morgan fingerprint density at radius 1 is 1.22 bits per heavy atom. The van der Waals surface area contributed by atoms with Crippen LogP contribution in [0.3, 0.4) is 0 Å². The highest BCUT2D eigenvalue weighted by Gasteiger charge is 2.24. The molecule has 0 saturated carbocycles. The first kappa shape index (κ1) is 13.5. The summed E-state index contributed by atoms with van der Waals surface area (Å²) in [6.07, 6.45) is 2.34. The van der Waals surface area contributed by atoms with Crippen molar-refractivity contribution in [3.8, 4) is 11.3 Å². The summed E-state index contributed by atoms with van der Waals surface area (Å²) in [6, 6.07) is 10.7. The first-order valence-corrected chi connectivity index (χ1v) is 9.07. The maximum atomic E-state index is 4.94. The van der Waals surface area contributed by atoms with Crippen molar-refractivity contribution in [1.82, 2.24) is 25.1 Å². The Morgan fingerprint density at radius 3 is 3.09 bits per heavy atom. The lowest BCUT2D eigenvalue weighted by atomic mass is 9.99. The number of rotatable bonds is 1. The molecular weight excluding hydrogens is 306 g/mol. The fourth-order valence-electron chi connectivity index (χ4n) is 3.49. The third kappa shape index (κ3) is 2.16. The van der Waals surface area contributed by atoms with Crippen LogP contribution in [0.1, 0.15) is 30.1 Å². The second-order valence-electron chi connectivity index (χ2n) is 6.17. The Bertz CT molecular complexity index is 882. The summed E-state index contributed by atoms with van der Waals surface area (Å²) in [7, 11) is 0. The molecule has 2 aromatic heterocycles. The zero-order valence-corrected chi connectivity index (χ0v) is 13.5. The number of benzene rings is 1. The van der Waals surface area contributed by atoms with Crippen LogP contribution in [0.15, 0.2) is 35.2 Å². The normalized spacial score (nSPS) is 20.3. The van der Waals surface area contributed by atoms with Gasteiger partial charge in [0.15, 0.2) is 11.5 Å². The number of nitrogens with zero attached hydrogens (tertiary/aromatic N) is 4. The zero-order valence-electron chi connectivity index (χ0n) is 12.7. The van der Waals surface area contributed by atoms with E-state index < -0.39 is 0 Å².